The molecule has 1 aromatic rings. The molecule has 3 heteroatoms. The second-order valence-electron chi connectivity index (χ2n) is 6.10. The Hall–Kier alpha value is -0.670. The van der Waals surface area contributed by atoms with Crippen molar-refractivity contribution in [2.24, 2.45) is 11.7 Å². The van der Waals surface area contributed by atoms with Crippen LogP contribution < -0.4 is 5.73 Å². The molecule has 0 spiro atoms. The summed E-state index contributed by atoms with van der Waals surface area (Å²) in [5.74, 6) is 1.85. The van der Waals surface area contributed by atoms with Crippen molar-refractivity contribution in [3.63, 3.8) is 0 Å². The lowest BCUT2D eigenvalue weighted by molar-refractivity contribution is 0.510. The van der Waals surface area contributed by atoms with Crippen molar-refractivity contribution in [3.8, 4) is 0 Å². The highest BCUT2D eigenvalue weighted by Crippen LogP contribution is 2.38. The molecule has 2 nitrogen and oxygen atoms in total. The smallest absolute Gasteiger partial charge is 0.0546 e. The van der Waals surface area contributed by atoms with Crippen LogP contribution in [0.2, 0.25) is 0 Å². The van der Waals surface area contributed by atoms with Gasteiger partial charge in [-0.15, -0.1) is 0 Å². The average Bonchev–Trinajstić information content (AvgIpc) is 2.40. The van der Waals surface area contributed by atoms with Gasteiger partial charge in [-0.1, -0.05) is 45.0 Å². The summed E-state index contributed by atoms with van der Waals surface area (Å²) in [5, 5.41) is 0.114. The zero-order valence-electron chi connectivity index (χ0n) is 12.1. The quantitative estimate of drug-likeness (QED) is 0.918. The minimum atomic E-state index is -0.810. The van der Waals surface area contributed by atoms with Crippen molar-refractivity contribution in [3.05, 3.63) is 35.4 Å². The van der Waals surface area contributed by atoms with Gasteiger partial charge < -0.3 is 5.73 Å². The Morgan fingerprint density at radius 3 is 2.58 bits per heavy atom. The van der Waals surface area contributed by atoms with E-state index in [1.54, 1.807) is 0 Å². The van der Waals surface area contributed by atoms with Gasteiger partial charge in [0.15, 0.2) is 0 Å². The van der Waals surface area contributed by atoms with Gasteiger partial charge in [0.25, 0.3) is 0 Å². The van der Waals surface area contributed by atoms with Gasteiger partial charge in [-0.05, 0) is 35.8 Å². The van der Waals surface area contributed by atoms with E-state index in [0.29, 0.717) is 11.8 Å². The number of fused-ring (bicyclic) bond motifs is 1. The lowest BCUT2D eigenvalue weighted by Gasteiger charge is -2.34. The van der Waals surface area contributed by atoms with E-state index in [-0.39, 0.29) is 11.3 Å². The Morgan fingerprint density at radius 2 is 1.95 bits per heavy atom. The first kappa shape index (κ1) is 14.7. The van der Waals surface area contributed by atoms with Crippen molar-refractivity contribution in [1.82, 2.24) is 0 Å². The average molecular weight is 279 g/mol. The van der Waals surface area contributed by atoms with Crippen LogP contribution in [0.1, 0.15) is 56.7 Å². The van der Waals surface area contributed by atoms with E-state index in [4.69, 9.17) is 5.73 Å². The van der Waals surface area contributed by atoms with Gasteiger partial charge in [0.05, 0.1) is 5.25 Å². The molecule has 0 radical (unpaired) electrons. The maximum atomic E-state index is 12.5. The van der Waals surface area contributed by atoms with Crippen LogP contribution in [0.25, 0.3) is 0 Å². The van der Waals surface area contributed by atoms with E-state index in [1.807, 2.05) is 6.07 Å². The standard InChI is InChI=1S/C16H25NOS/c1-11(2)8-9-19(18)15-10-12(3)13-6-4-5-7-14(13)16(15)17/h4-7,11-12,15-16H,8-10,17H2,1-3H3. The molecule has 19 heavy (non-hydrogen) atoms. The normalized spacial score (nSPS) is 28.2. The van der Waals surface area contributed by atoms with Crippen molar-refractivity contribution >= 4 is 10.8 Å². The van der Waals surface area contributed by atoms with Crippen molar-refractivity contribution in [2.75, 3.05) is 5.75 Å². The Morgan fingerprint density at radius 1 is 1.32 bits per heavy atom. The Balaban J connectivity index is 2.15. The van der Waals surface area contributed by atoms with Crippen LogP contribution in [0.3, 0.4) is 0 Å². The Bertz CT molecular complexity index is 458. The zero-order valence-corrected chi connectivity index (χ0v) is 13.0. The second-order valence-corrected chi connectivity index (χ2v) is 7.87. The molecular formula is C16H25NOS. The number of rotatable bonds is 4. The molecular weight excluding hydrogens is 254 g/mol. The highest BCUT2D eigenvalue weighted by atomic mass is 32.2. The van der Waals surface area contributed by atoms with Crippen LogP contribution >= 0.6 is 0 Å². The van der Waals surface area contributed by atoms with Crippen LogP contribution in [0, 0.1) is 5.92 Å². The Labute approximate surface area is 119 Å². The molecule has 0 saturated carbocycles. The fraction of sp³-hybridized carbons (Fsp3) is 0.625. The summed E-state index contributed by atoms with van der Waals surface area (Å²) < 4.78 is 12.5. The number of hydrogen-bond acceptors (Lipinski definition) is 2. The third kappa shape index (κ3) is 3.26. The summed E-state index contributed by atoms with van der Waals surface area (Å²) in [6, 6.07) is 8.29. The van der Waals surface area contributed by atoms with Gasteiger partial charge in [-0.2, -0.15) is 0 Å². The fourth-order valence-electron chi connectivity index (χ4n) is 2.86. The molecule has 0 fully saturated rings. The molecule has 0 amide bonds. The molecule has 0 aliphatic heterocycles. The summed E-state index contributed by atoms with van der Waals surface area (Å²) in [5.41, 5.74) is 8.91. The van der Waals surface area contributed by atoms with E-state index in [9.17, 15) is 4.21 Å². The van der Waals surface area contributed by atoms with Gasteiger partial charge in [0.2, 0.25) is 0 Å². The molecule has 0 heterocycles. The zero-order chi connectivity index (χ0) is 14.0. The fourth-order valence-corrected chi connectivity index (χ4v) is 4.84. The molecule has 106 valence electrons. The molecule has 4 unspecified atom stereocenters. The van der Waals surface area contributed by atoms with Crippen LogP contribution in [-0.4, -0.2) is 15.2 Å². The molecule has 0 bridgehead atoms. The highest BCUT2D eigenvalue weighted by molar-refractivity contribution is 7.85. The highest BCUT2D eigenvalue weighted by Gasteiger charge is 2.34. The predicted molar refractivity (Wildman–Crippen MR) is 82.7 cm³/mol. The molecule has 0 aromatic heterocycles. The third-order valence-corrected chi connectivity index (χ3v) is 5.91. The largest absolute Gasteiger partial charge is 0.323 e. The molecule has 1 aliphatic rings. The first-order valence-electron chi connectivity index (χ1n) is 7.22. The van der Waals surface area contributed by atoms with Crippen LogP contribution in [0.15, 0.2) is 24.3 Å². The van der Waals surface area contributed by atoms with Gasteiger partial charge in [-0.25, -0.2) is 0 Å². The lowest BCUT2D eigenvalue weighted by atomic mass is 9.81. The van der Waals surface area contributed by atoms with Crippen LogP contribution in [0.5, 0.6) is 0 Å². The molecule has 1 aliphatic carbocycles. The van der Waals surface area contributed by atoms with Crippen molar-refractivity contribution in [1.29, 1.82) is 0 Å². The molecule has 4 atom stereocenters. The summed E-state index contributed by atoms with van der Waals surface area (Å²) in [4.78, 5) is 0. The molecule has 2 rings (SSSR count). The Kier molecular flexibility index (Phi) is 4.80. The van der Waals surface area contributed by atoms with E-state index < -0.39 is 10.8 Å². The van der Waals surface area contributed by atoms with E-state index in [0.717, 1.165) is 18.6 Å². The number of benzene rings is 1. The van der Waals surface area contributed by atoms with Gasteiger partial charge in [0.1, 0.15) is 0 Å². The molecule has 1 aromatic carbocycles. The topological polar surface area (TPSA) is 43.1 Å². The van der Waals surface area contributed by atoms with E-state index >= 15 is 0 Å². The SMILES string of the molecule is CC(C)CCS(=O)C1CC(C)c2ccccc2C1N. The summed E-state index contributed by atoms with van der Waals surface area (Å²) in [6.45, 7) is 6.57. The predicted octanol–water partition coefficient (Wildman–Crippen LogP) is 3.36. The minimum absolute atomic E-state index is 0.0691. The molecule has 2 N–H and O–H groups in total. The van der Waals surface area contributed by atoms with Crippen LogP contribution in [-0.2, 0) is 10.8 Å². The van der Waals surface area contributed by atoms with E-state index in [1.165, 1.54) is 11.1 Å². The van der Waals surface area contributed by atoms with E-state index in [2.05, 4.69) is 39.0 Å². The molecule has 0 saturated heterocycles. The summed E-state index contributed by atoms with van der Waals surface area (Å²) >= 11 is 0. The maximum absolute atomic E-state index is 12.5. The third-order valence-electron chi connectivity index (χ3n) is 4.11. The monoisotopic (exact) mass is 279 g/mol. The van der Waals surface area contributed by atoms with Gasteiger partial charge in [-0.3, -0.25) is 4.21 Å². The summed E-state index contributed by atoms with van der Waals surface area (Å²) in [6.07, 6.45) is 1.97. The maximum Gasteiger partial charge on any atom is 0.0546 e. The van der Waals surface area contributed by atoms with Gasteiger partial charge >= 0.3 is 0 Å². The van der Waals surface area contributed by atoms with Crippen molar-refractivity contribution in [2.45, 2.75) is 50.8 Å². The second kappa shape index (κ2) is 6.19. The van der Waals surface area contributed by atoms with Crippen molar-refractivity contribution < 1.29 is 4.21 Å². The first-order chi connectivity index (χ1) is 9.00. The number of nitrogens with two attached hydrogens (primary N) is 1. The van der Waals surface area contributed by atoms with Gasteiger partial charge in [0, 0.05) is 22.6 Å². The van der Waals surface area contributed by atoms with Crippen LogP contribution in [0.4, 0.5) is 0 Å². The minimum Gasteiger partial charge on any atom is -0.323 e. The summed E-state index contributed by atoms with van der Waals surface area (Å²) in [7, 11) is -0.810. The lowest BCUT2D eigenvalue weighted by Crippen LogP contribution is -2.37. The first-order valence-corrected chi connectivity index (χ1v) is 8.60. The number of hydrogen-bond donors (Lipinski definition) is 1.